The van der Waals surface area contributed by atoms with E-state index in [1.807, 2.05) is 31.2 Å². The summed E-state index contributed by atoms with van der Waals surface area (Å²) in [5.41, 5.74) is 5.49. The lowest BCUT2D eigenvalue weighted by Gasteiger charge is -2.14. The first-order chi connectivity index (χ1) is 14.9. The number of rotatable bonds is 7. The van der Waals surface area contributed by atoms with Crippen molar-refractivity contribution in [3.05, 3.63) is 70.1 Å². The van der Waals surface area contributed by atoms with Crippen LogP contribution in [0, 0.1) is 25.7 Å². The highest BCUT2D eigenvalue weighted by atomic mass is 32.1. The van der Waals surface area contributed by atoms with Gasteiger partial charge in [0.1, 0.15) is 12.4 Å². The van der Waals surface area contributed by atoms with Crippen LogP contribution in [0.5, 0.6) is 10.8 Å². The predicted octanol–water partition coefficient (Wildman–Crippen LogP) is 5.99. The minimum Gasteiger partial charge on any atom is -0.508 e. The summed E-state index contributed by atoms with van der Waals surface area (Å²) in [5.74, 6) is 5.77. The number of carbonyl (C=O) groups excluding carboxylic acids is 1. The lowest BCUT2D eigenvalue weighted by Crippen LogP contribution is -2.06. The van der Waals surface area contributed by atoms with Crippen LogP contribution in [0.4, 0.5) is 0 Å². The molecule has 1 unspecified atom stereocenters. The Hall–Kier alpha value is -3.23. The Morgan fingerprint density at radius 1 is 1.13 bits per heavy atom. The second kappa shape index (κ2) is 10.2. The molecule has 160 valence electrons. The second-order valence-electron chi connectivity index (χ2n) is 7.26. The van der Waals surface area contributed by atoms with Crippen molar-refractivity contribution in [1.29, 1.82) is 0 Å². The minimum atomic E-state index is -0.277. The first kappa shape index (κ1) is 22.5. The number of hydrogen-bond donors (Lipinski definition) is 1. The van der Waals surface area contributed by atoms with E-state index in [1.54, 1.807) is 19.1 Å². The van der Waals surface area contributed by atoms with E-state index < -0.39 is 0 Å². The number of thiophene rings is 1. The number of aromatic hydroxyl groups is 1. The van der Waals surface area contributed by atoms with Gasteiger partial charge in [-0.3, -0.25) is 4.79 Å². The molecule has 1 aromatic heterocycles. The molecule has 1 N–H and O–H groups in total. The lowest BCUT2D eigenvalue weighted by atomic mass is 9.94. The number of phenolic OH excluding ortho intramolecular Hbond substituents is 1. The fraction of sp³-hybridized carbons (Fsp3) is 0.269. The molecule has 4 nitrogen and oxygen atoms in total. The third-order valence-corrected chi connectivity index (χ3v) is 6.29. The van der Waals surface area contributed by atoms with Gasteiger partial charge in [-0.2, -0.15) is 0 Å². The zero-order chi connectivity index (χ0) is 22.4. The molecule has 0 saturated carbocycles. The summed E-state index contributed by atoms with van der Waals surface area (Å²) in [6.07, 6.45) is 0.227. The van der Waals surface area contributed by atoms with Crippen LogP contribution in [0.3, 0.4) is 0 Å². The predicted molar refractivity (Wildman–Crippen MR) is 124 cm³/mol. The summed E-state index contributed by atoms with van der Waals surface area (Å²) in [5, 5.41) is 10.5. The Morgan fingerprint density at radius 2 is 1.94 bits per heavy atom. The number of carbonyl (C=O) groups is 1. The van der Waals surface area contributed by atoms with Gasteiger partial charge in [0, 0.05) is 4.88 Å². The first-order valence-electron chi connectivity index (χ1n) is 10.0. The molecule has 0 radical (unpaired) electrons. The van der Waals surface area contributed by atoms with Crippen LogP contribution < -0.4 is 4.74 Å². The molecule has 0 saturated heterocycles. The van der Waals surface area contributed by atoms with Gasteiger partial charge in [0.05, 0.1) is 19.4 Å². The number of phenols is 1. The quantitative estimate of drug-likeness (QED) is 0.367. The minimum absolute atomic E-state index is 0.192. The standard InChI is InChI=1S/C26H26O4S/c1-5-7-19(15-25(28)29-4)24-12-13-26(31-24)30-16-20-8-6-9-23(18(20)3)22-11-10-21(27)14-17(22)2/h6,8-14,19,27H,15-16H2,1-4H3. The lowest BCUT2D eigenvalue weighted by molar-refractivity contribution is -0.140. The molecule has 1 atom stereocenters. The molecule has 0 aliphatic heterocycles. The number of ether oxygens (including phenoxy) is 2. The maximum Gasteiger partial charge on any atom is 0.307 e. The van der Waals surface area contributed by atoms with Crippen molar-refractivity contribution < 1.29 is 19.4 Å². The monoisotopic (exact) mass is 434 g/mol. The van der Waals surface area contributed by atoms with Gasteiger partial charge in [-0.1, -0.05) is 30.2 Å². The van der Waals surface area contributed by atoms with Crippen LogP contribution in [-0.4, -0.2) is 18.2 Å². The van der Waals surface area contributed by atoms with Gasteiger partial charge in [-0.15, -0.1) is 17.3 Å². The summed E-state index contributed by atoms with van der Waals surface area (Å²) in [6.45, 7) is 6.29. The van der Waals surface area contributed by atoms with Gasteiger partial charge in [-0.25, -0.2) is 0 Å². The number of benzene rings is 2. The Balaban J connectivity index is 1.76. The molecule has 0 spiro atoms. The van der Waals surface area contributed by atoms with Crippen molar-refractivity contribution in [3.63, 3.8) is 0 Å². The normalized spacial score (nSPS) is 11.4. The van der Waals surface area contributed by atoms with E-state index in [-0.39, 0.29) is 24.1 Å². The SMILES string of the molecule is CC#CC(CC(=O)OC)c1ccc(OCc2cccc(-c3ccc(O)cc3C)c2C)s1. The average Bonchev–Trinajstić information content (AvgIpc) is 3.22. The van der Waals surface area contributed by atoms with Gasteiger partial charge in [-0.05, 0) is 72.9 Å². The van der Waals surface area contributed by atoms with E-state index in [0.717, 1.165) is 37.8 Å². The zero-order valence-corrected chi connectivity index (χ0v) is 19.0. The van der Waals surface area contributed by atoms with E-state index in [9.17, 15) is 9.90 Å². The van der Waals surface area contributed by atoms with Crippen LogP contribution in [0.25, 0.3) is 11.1 Å². The van der Waals surface area contributed by atoms with Gasteiger partial charge in [0.2, 0.25) is 0 Å². The Kier molecular flexibility index (Phi) is 7.38. The second-order valence-corrected chi connectivity index (χ2v) is 8.34. The maximum absolute atomic E-state index is 11.7. The molecule has 0 bridgehead atoms. The van der Waals surface area contributed by atoms with E-state index in [2.05, 4.69) is 30.9 Å². The van der Waals surface area contributed by atoms with Crippen LogP contribution in [0.2, 0.25) is 0 Å². The summed E-state index contributed by atoms with van der Waals surface area (Å²) in [6, 6.07) is 15.5. The van der Waals surface area contributed by atoms with Crippen molar-refractivity contribution in [2.75, 3.05) is 7.11 Å². The van der Waals surface area contributed by atoms with E-state index in [1.165, 1.54) is 18.4 Å². The molecule has 0 aliphatic carbocycles. The number of aryl methyl sites for hydroxylation is 1. The van der Waals surface area contributed by atoms with Crippen LogP contribution in [-0.2, 0) is 16.1 Å². The number of hydrogen-bond acceptors (Lipinski definition) is 5. The van der Waals surface area contributed by atoms with E-state index >= 15 is 0 Å². The molecule has 3 rings (SSSR count). The molecular weight excluding hydrogens is 408 g/mol. The van der Waals surface area contributed by atoms with Crippen LogP contribution in [0.1, 0.15) is 40.8 Å². The summed E-state index contributed by atoms with van der Waals surface area (Å²) >= 11 is 1.50. The van der Waals surface area contributed by atoms with Crippen molar-refractivity contribution in [2.45, 2.75) is 39.7 Å². The highest BCUT2D eigenvalue weighted by Crippen LogP contribution is 2.34. The third kappa shape index (κ3) is 5.48. The Morgan fingerprint density at radius 3 is 2.65 bits per heavy atom. The molecule has 3 aromatic rings. The molecule has 0 fully saturated rings. The molecule has 0 aliphatic rings. The van der Waals surface area contributed by atoms with Crippen molar-refractivity contribution >= 4 is 17.3 Å². The summed E-state index contributed by atoms with van der Waals surface area (Å²) in [4.78, 5) is 12.7. The molecule has 31 heavy (non-hydrogen) atoms. The summed E-state index contributed by atoms with van der Waals surface area (Å²) < 4.78 is 10.9. The Bertz CT molecular complexity index is 1130. The largest absolute Gasteiger partial charge is 0.508 e. The molecular formula is C26H26O4S. The molecule has 0 amide bonds. The van der Waals surface area contributed by atoms with Crippen molar-refractivity contribution in [2.24, 2.45) is 0 Å². The smallest absolute Gasteiger partial charge is 0.307 e. The maximum atomic E-state index is 11.7. The molecule has 2 aromatic carbocycles. The molecule has 5 heteroatoms. The molecule has 1 heterocycles. The van der Waals surface area contributed by atoms with E-state index in [0.29, 0.717) is 6.61 Å². The van der Waals surface area contributed by atoms with Gasteiger partial charge in [0.25, 0.3) is 0 Å². The fourth-order valence-electron chi connectivity index (χ4n) is 3.48. The van der Waals surface area contributed by atoms with Crippen LogP contribution in [0.15, 0.2) is 48.5 Å². The number of methoxy groups -OCH3 is 1. The topological polar surface area (TPSA) is 55.8 Å². The number of esters is 1. The van der Waals surface area contributed by atoms with Gasteiger partial charge in [0.15, 0.2) is 5.06 Å². The fourth-order valence-corrected chi connectivity index (χ4v) is 4.38. The van der Waals surface area contributed by atoms with Gasteiger partial charge >= 0.3 is 5.97 Å². The highest BCUT2D eigenvalue weighted by molar-refractivity contribution is 7.13. The van der Waals surface area contributed by atoms with Crippen molar-refractivity contribution in [1.82, 2.24) is 0 Å². The van der Waals surface area contributed by atoms with Crippen molar-refractivity contribution in [3.8, 4) is 33.8 Å². The zero-order valence-electron chi connectivity index (χ0n) is 18.2. The Labute approximate surface area is 187 Å². The summed E-state index contributed by atoms with van der Waals surface area (Å²) in [7, 11) is 1.39. The van der Waals surface area contributed by atoms with E-state index in [4.69, 9.17) is 9.47 Å². The first-order valence-corrected chi connectivity index (χ1v) is 10.8. The third-order valence-electron chi connectivity index (χ3n) is 5.18. The average molecular weight is 435 g/mol. The highest BCUT2D eigenvalue weighted by Gasteiger charge is 2.17. The van der Waals surface area contributed by atoms with Crippen LogP contribution >= 0.6 is 11.3 Å². The van der Waals surface area contributed by atoms with Gasteiger partial charge < -0.3 is 14.6 Å².